The third-order valence-electron chi connectivity index (χ3n) is 7.68. The van der Waals surface area contributed by atoms with Crippen molar-refractivity contribution in [2.24, 2.45) is 11.3 Å². The molecule has 2 atom stereocenters. The fourth-order valence-electron chi connectivity index (χ4n) is 5.63. The van der Waals surface area contributed by atoms with Crippen LogP contribution in [0.3, 0.4) is 0 Å². The van der Waals surface area contributed by atoms with Crippen molar-refractivity contribution in [2.45, 2.75) is 52.4 Å². The van der Waals surface area contributed by atoms with Gasteiger partial charge in [0.25, 0.3) is 0 Å². The lowest BCUT2D eigenvalue weighted by Crippen LogP contribution is -2.47. The first-order chi connectivity index (χ1) is 16.8. The van der Waals surface area contributed by atoms with Gasteiger partial charge in [-0.2, -0.15) is 0 Å². The van der Waals surface area contributed by atoms with Crippen LogP contribution in [0.4, 0.5) is 11.6 Å². The molecule has 2 aliphatic heterocycles. The highest BCUT2D eigenvalue weighted by atomic mass is 28.3. The SMILES string of the molecule is CC12CN(c3ncccc3CO)CC1CCN(c1ncnc3c1ccn3COCC[Si](C)(C)C)C2. The number of rotatable bonds is 8. The molecule has 188 valence electrons. The van der Waals surface area contributed by atoms with Gasteiger partial charge in [0.2, 0.25) is 0 Å². The van der Waals surface area contributed by atoms with Crippen molar-refractivity contribution in [2.75, 3.05) is 42.6 Å². The van der Waals surface area contributed by atoms with E-state index in [4.69, 9.17) is 9.72 Å². The number of hydrogen-bond acceptors (Lipinski definition) is 7. The lowest BCUT2D eigenvalue weighted by Gasteiger charge is -2.42. The lowest BCUT2D eigenvalue weighted by atomic mass is 9.75. The summed E-state index contributed by atoms with van der Waals surface area (Å²) >= 11 is 0. The average Bonchev–Trinajstić information content (AvgIpc) is 3.41. The molecule has 2 aliphatic rings. The highest BCUT2D eigenvalue weighted by Gasteiger charge is 2.47. The number of aliphatic hydroxyl groups excluding tert-OH is 1. The molecule has 8 nitrogen and oxygen atoms in total. The number of aliphatic hydroxyl groups is 1. The van der Waals surface area contributed by atoms with E-state index in [0.717, 1.165) is 73.5 Å². The van der Waals surface area contributed by atoms with Crippen LogP contribution in [0.5, 0.6) is 0 Å². The number of hydrogen-bond donors (Lipinski definition) is 1. The molecule has 0 aliphatic carbocycles. The molecular formula is C26H38N6O2Si. The van der Waals surface area contributed by atoms with E-state index >= 15 is 0 Å². The molecule has 5 rings (SSSR count). The summed E-state index contributed by atoms with van der Waals surface area (Å²) in [4.78, 5) is 18.7. The van der Waals surface area contributed by atoms with E-state index in [1.807, 2.05) is 18.3 Å². The van der Waals surface area contributed by atoms with Crippen LogP contribution >= 0.6 is 0 Å². The number of aromatic nitrogens is 4. The molecule has 3 aromatic rings. The maximum Gasteiger partial charge on any atom is 0.147 e. The van der Waals surface area contributed by atoms with Crippen molar-refractivity contribution >= 4 is 30.7 Å². The fraction of sp³-hybridized carbons (Fsp3) is 0.577. The molecule has 2 unspecified atom stereocenters. The molecule has 2 saturated heterocycles. The van der Waals surface area contributed by atoms with Gasteiger partial charge in [-0.3, -0.25) is 0 Å². The molecule has 3 aromatic heterocycles. The van der Waals surface area contributed by atoms with Crippen LogP contribution in [0.2, 0.25) is 25.7 Å². The molecule has 0 amide bonds. The van der Waals surface area contributed by atoms with Gasteiger partial charge in [0, 0.05) is 64.2 Å². The van der Waals surface area contributed by atoms with Crippen LogP contribution in [-0.2, 0) is 18.1 Å². The third kappa shape index (κ3) is 4.94. The average molecular weight is 495 g/mol. The summed E-state index contributed by atoms with van der Waals surface area (Å²) < 4.78 is 8.08. The van der Waals surface area contributed by atoms with Crippen LogP contribution in [0.1, 0.15) is 18.9 Å². The largest absolute Gasteiger partial charge is 0.392 e. The summed E-state index contributed by atoms with van der Waals surface area (Å²) in [5.41, 5.74) is 1.96. The number of fused-ring (bicyclic) bond motifs is 2. The Morgan fingerprint density at radius 2 is 1.94 bits per heavy atom. The third-order valence-corrected chi connectivity index (χ3v) is 9.38. The van der Waals surface area contributed by atoms with Crippen LogP contribution < -0.4 is 9.80 Å². The minimum absolute atomic E-state index is 0.0188. The summed E-state index contributed by atoms with van der Waals surface area (Å²) in [6.07, 6.45) is 6.69. The summed E-state index contributed by atoms with van der Waals surface area (Å²) in [6.45, 7) is 14.7. The van der Waals surface area contributed by atoms with Gasteiger partial charge in [0.1, 0.15) is 30.3 Å². The molecule has 0 aromatic carbocycles. The summed E-state index contributed by atoms with van der Waals surface area (Å²) in [5, 5.41) is 10.9. The highest BCUT2D eigenvalue weighted by molar-refractivity contribution is 6.76. The maximum atomic E-state index is 9.80. The van der Waals surface area contributed by atoms with Gasteiger partial charge in [0.15, 0.2) is 0 Å². The Labute approximate surface area is 209 Å². The Hall–Kier alpha value is -2.49. The highest BCUT2D eigenvalue weighted by Crippen LogP contribution is 2.44. The van der Waals surface area contributed by atoms with Gasteiger partial charge in [-0.1, -0.05) is 32.6 Å². The number of pyridine rings is 1. The van der Waals surface area contributed by atoms with Gasteiger partial charge in [-0.05, 0) is 30.5 Å². The summed E-state index contributed by atoms with van der Waals surface area (Å²) in [5.74, 6) is 2.53. The van der Waals surface area contributed by atoms with Gasteiger partial charge in [0.05, 0.1) is 12.0 Å². The first-order valence-electron chi connectivity index (χ1n) is 12.7. The molecule has 9 heteroatoms. The Bertz CT molecular complexity index is 1180. The summed E-state index contributed by atoms with van der Waals surface area (Å²) in [7, 11) is -1.10. The number of anilines is 2. The van der Waals surface area contributed by atoms with Crippen LogP contribution in [0.15, 0.2) is 36.9 Å². The van der Waals surface area contributed by atoms with Gasteiger partial charge in [-0.15, -0.1) is 0 Å². The first-order valence-corrected chi connectivity index (χ1v) is 16.4. The Morgan fingerprint density at radius 1 is 1.11 bits per heavy atom. The number of nitrogens with zero attached hydrogens (tertiary/aromatic N) is 6. The van der Waals surface area contributed by atoms with Crippen LogP contribution in [0.25, 0.3) is 11.0 Å². The van der Waals surface area contributed by atoms with E-state index in [1.54, 1.807) is 6.33 Å². The Kier molecular flexibility index (Phi) is 6.58. The standard InChI is InChI=1S/C26H38N6O2Si/c1-26-16-30(10-7-21(26)14-32(17-26)23-20(15-33)6-5-9-27-23)24-22-8-11-31(25(22)29-18-28-24)19-34-12-13-35(2,3)4/h5-6,8-9,11,18,21,33H,7,10,12-17,19H2,1-4H3. The second kappa shape index (κ2) is 9.52. The smallest absolute Gasteiger partial charge is 0.147 e. The lowest BCUT2D eigenvalue weighted by molar-refractivity contribution is 0.0899. The van der Waals surface area contributed by atoms with Gasteiger partial charge >= 0.3 is 0 Å². The van der Waals surface area contributed by atoms with Crippen molar-refractivity contribution in [1.29, 1.82) is 0 Å². The Morgan fingerprint density at radius 3 is 2.74 bits per heavy atom. The van der Waals surface area contributed by atoms with Crippen molar-refractivity contribution in [1.82, 2.24) is 19.5 Å². The quantitative estimate of drug-likeness (QED) is 0.375. The molecular weight excluding hydrogens is 456 g/mol. The number of piperidine rings is 1. The molecule has 5 heterocycles. The molecule has 35 heavy (non-hydrogen) atoms. The Balaban J connectivity index is 1.31. The molecule has 0 spiro atoms. The first kappa shape index (κ1) is 24.2. The van der Waals surface area contributed by atoms with Crippen molar-refractivity contribution in [3.05, 3.63) is 42.5 Å². The van der Waals surface area contributed by atoms with E-state index in [2.05, 4.69) is 63.2 Å². The van der Waals surface area contributed by atoms with E-state index < -0.39 is 8.07 Å². The van der Waals surface area contributed by atoms with E-state index in [0.29, 0.717) is 12.6 Å². The zero-order valence-electron chi connectivity index (χ0n) is 21.4. The van der Waals surface area contributed by atoms with Crippen molar-refractivity contribution in [3.63, 3.8) is 0 Å². The molecule has 0 bridgehead atoms. The monoisotopic (exact) mass is 494 g/mol. The van der Waals surface area contributed by atoms with E-state index in [9.17, 15) is 5.11 Å². The van der Waals surface area contributed by atoms with Gasteiger partial charge < -0.3 is 24.2 Å². The van der Waals surface area contributed by atoms with Gasteiger partial charge in [-0.25, -0.2) is 15.0 Å². The zero-order chi connectivity index (χ0) is 24.6. The van der Waals surface area contributed by atoms with Crippen molar-refractivity contribution in [3.8, 4) is 0 Å². The minimum atomic E-state index is -1.10. The van der Waals surface area contributed by atoms with Crippen molar-refractivity contribution < 1.29 is 9.84 Å². The topological polar surface area (TPSA) is 79.5 Å². The predicted octanol–water partition coefficient (Wildman–Crippen LogP) is 3.98. The molecule has 0 saturated carbocycles. The van der Waals surface area contributed by atoms with E-state index in [-0.39, 0.29) is 12.0 Å². The normalized spacial score (nSPS) is 22.7. The van der Waals surface area contributed by atoms with E-state index in [1.165, 1.54) is 0 Å². The second-order valence-corrected chi connectivity index (χ2v) is 17.3. The minimum Gasteiger partial charge on any atom is -0.392 e. The summed E-state index contributed by atoms with van der Waals surface area (Å²) in [6, 6.07) is 7.15. The van der Waals surface area contributed by atoms with Crippen LogP contribution in [-0.4, -0.2) is 65.5 Å². The second-order valence-electron chi connectivity index (χ2n) is 11.7. The van der Waals surface area contributed by atoms with Crippen LogP contribution in [0, 0.1) is 11.3 Å². The zero-order valence-corrected chi connectivity index (χ0v) is 22.4. The predicted molar refractivity (Wildman–Crippen MR) is 142 cm³/mol. The number of ether oxygens (including phenoxy) is 1. The molecule has 0 radical (unpaired) electrons. The molecule has 1 N–H and O–H groups in total. The molecule has 2 fully saturated rings. The maximum absolute atomic E-state index is 9.80. The fourth-order valence-corrected chi connectivity index (χ4v) is 6.39.